The number of carbonyl (C=O) groups is 1. The number of nitrogens with zero attached hydrogens (tertiary/aromatic N) is 3. The first-order valence-corrected chi connectivity index (χ1v) is 8.03. The fourth-order valence-electron chi connectivity index (χ4n) is 2.66. The lowest BCUT2D eigenvalue weighted by Gasteiger charge is -2.23. The maximum atomic E-state index is 12.4. The zero-order chi connectivity index (χ0) is 17.8. The smallest absolute Gasteiger partial charge is 0.387 e. The number of fused-ring (bicyclic) bond motifs is 1. The Kier molecular flexibility index (Phi) is 5.32. The Morgan fingerprint density at radius 2 is 2.32 bits per heavy atom. The first-order chi connectivity index (χ1) is 12.0. The van der Waals surface area contributed by atoms with Gasteiger partial charge in [-0.2, -0.15) is 13.9 Å². The average Bonchev–Trinajstić information content (AvgIpc) is 3.02. The number of alkyl halides is 2. The van der Waals surface area contributed by atoms with Gasteiger partial charge in [0, 0.05) is 23.6 Å². The Morgan fingerprint density at radius 1 is 1.48 bits per heavy atom. The van der Waals surface area contributed by atoms with Crippen LogP contribution in [-0.2, 0) is 19.5 Å². The largest absolute Gasteiger partial charge is 0.434 e. The number of urea groups is 1. The first kappa shape index (κ1) is 17.4. The van der Waals surface area contributed by atoms with Crippen molar-refractivity contribution in [2.75, 3.05) is 0 Å². The van der Waals surface area contributed by atoms with E-state index >= 15 is 0 Å². The molecule has 0 bridgehead atoms. The summed E-state index contributed by atoms with van der Waals surface area (Å²) >= 11 is 5.87. The van der Waals surface area contributed by atoms with Crippen molar-refractivity contribution >= 4 is 17.6 Å². The zero-order valence-electron chi connectivity index (χ0n) is 13.1. The number of benzene rings is 1. The van der Waals surface area contributed by atoms with Crippen molar-refractivity contribution in [2.24, 2.45) is 0 Å². The number of amides is 2. The molecule has 3 rings (SSSR count). The van der Waals surface area contributed by atoms with Crippen LogP contribution in [0, 0.1) is 0 Å². The summed E-state index contributed by atoms with van der Waals surface area (Å²) in [4.78, 5) is 16.2. The first-order valence-electron chi connectivity index (χ1n) is 7.65. The Bertz CT molecular complexity index is 755. The molecule has 2 N–H and O–H groups in total. The number of rotatable bonds is 5. The van der Waals surface area contributed by atoms with E-state index in [1.165, 1.54) is 24.5 Å². The molecule has 2 aromatic rings. The summed E-state index contributed by atoms with van der Waals surface area (Å²) in [6, 6.07) is 3.78. The van der Waals surface area contributed by atoms with Gasteiger partial charge in [0.2, 0.25) is 0 Å². The third kappa shape index (κ3) is 4.56. The van der Waals surface area contributed by atoms with Crippen molar-refractivity contribution in [1.29, 1.82) is 0 Å². The van der Waals surface area contributed by atoms with E-state index in [1.54, 1.807) is 4.68 Å². The van der Waals surface area contributed by atoms with E-state index in [0.717, 1.165) is 18.7 Å². The molecule has 1 aliphatic heterocycles. The van der Waals surface area contributed by atoms with E-state index in [-0.39, 0.29) is 18.3 Å². The highest BCUT2D eigenvalue weighted by Gasteiger charge is 2.21. The lowest BCUT2D eigenvalue weighted by atomic mass is 10.1. The van der Waals surface area contributed by atoms with Crippen LogP contribution in [-0.4, -0.2) is 33.4 Å². The second kappa shape index (κ2) is 7.64. The van der Waals surface area contributed by atoms with Gasteiger partial charge in [0.1, 0.15) is 17.9 Å². The van der Waals surface area contributed by atoms with E-state index in [9.17, 15) is 13.6 Å². The van der Waals surface area contributed by atoms with Gasteiger partial charge in [-0.25, -0.2) is 14.5 Å². The van der Waals surface area contributed by atoms with Crippen molar-refractivity contribution in [3.63, 3.8) is 0 Å². The van der Waals surface area contributed by atoms with Gasteiger partial charge in [0.15, 0.2) is 0 Å². The molecule has 1 unspecified atom stereocenters. The minimum Gasteiger partial charge on any atom is -0.434 e. The van der Waals surface area contributed by atoms with E-state index in [1.807, 2.05) is 0 Å². The van der Waals surface area contributed by atoms with Gasteiger partial charge in [-0.05, 0) is 24.6 Å². The lowest BCUT2D eigenvalue weighted by molar-refractivity contribution is -0.0504. The molecule has 25 heavy (non-hydrogen) atoms. The number of hydrogen-bond donors (Lipinski definition) is 2. The summed E-state index contributed by atoms with van der Waals surface area (Å²) in [7, 11) is 0. The lowest BCUT2D eigenvalue weighted by Crippen LogP contribution is -2.45. The van der Waals surface area contributed by atoms with E-state index < -0.39 is 12.6 Å². The molecule has 7 nitrogen and oxygen atoms in total. The Morgan fingerprint density at radius 3 is 3.12 bits per heavy atom. The summed E-state index contributed by atoms with van der Waals surface area (Å²) in [5, 5.41) is 9.91. The van der Waals surface area contributed by atoms with Gasteiger partial charge in [-0.1, -0.05) is 11.6 Å². The second-order valence-corrected chi connectivity index (χ2v) is 5.99. The van der Waals surface area contributed by atoms with Crippen LogP contribution < -0.4 is 15.4 Å². The van der Waals surface area contributed by atoms with Crippen molar-refractivity contribution in [1.82, 2.24) is 25.4 Å². The van der Waals surface area contributed by atoms with Crippen molar-refractivity contribution < 1.29 is 18.3 Å². The molecule has 1 aromatic carbocycles. The van der Waals surface area contributed by atoms with Gasteiger partial charge in [-0.3, -0.25) is 0 Å². The number of aryl methyl sites for hydroxylation is 1. The standard InChI is InChI=1S/C15H16ClF2N5O2/c16-10-1-3-12(25-14(17)18)9(5-10)6-19-15(24)22-11-2-4-13-20-8-21-23(13)7-11/h1,3,5,8,11,14H,2,4,6-7H2,(H2,19,22,24). The molecule has 0 saturated heterocycles. The fraction of sp³-hybridized carbons (Fsp3) is 0.400. The number of ether oxygens (including phenoxy) is 1. The van der Waals surface area contributed by atoms with Crippen LogP contribution >= 0.6 is 11.6 Å². The number of hydrogen-bond acceptors (Lipinski definition) is 4. The molecular weight excluding hydrogens is 356 g/mol. The number of carbonyl (C=O) groups excluding carboxylic acids is 1. The van der Waals surface area contributed by atoms with Crippen molar-refractivity contribution in [3.8, 4) is 5.75 Å². The SMILES string of the molecule is O=C(NCc1cc(Cl)ccc1OC(F)F)NC1CCc2ncnn2C1. The Labute approximate surface area is 147 Å². The zero-order valence-corrected chi connectivity index (χ0v) is 13.8. The Hall–Kier alpha value is -2.42. The van der Waals surface area contributed by atoms with Gasteiger partial charge >= 0.3 is 12.6 Å². The molecule has 10 heteroatoms. The third-order valence-corrected chi connectivity index (χ3v) is 4.05. The predicted molar refractivity (Wildman–Crippen MR) is 85.6 cm³/mol. The van der Waals surface area contributed by atoms with Crippen LogP contribution in [0.2, 0.25) is 5.02 Å². The van der Waals surface area contributed by atoms with Gasteiger partial charge in [-0.15, -0.1) is 0 Å². The van der Waals surface area contributed by atoms with Crippen LogP contribution in [0.5, 0.6) is 5.75 Å². The van der Waals surface area contributed by atoms with Crippen LogP contribution in [0.1, 0.15) is 17.8 Å². The van der Waals surface area contributed by atoms with Crippen LogP contribution in [0.3, 0.4) is 0 Å². The van der Waals surface area contributed by atoms with Gasteiger partial charge < -0.3 is 15.4 Å². The molecule has 0 saturated carbocycles. The monoisotopic (exact) mass is 371 g/mol. The molecule has 1 atom stereocenters. The van der Waals surface area contributed by atoms with Crippen LogP contribution in [0.4, 0.5) is 13.6 Å². The van der Waals surface area contributed by atoms with Gasteiger partial charge in [0.05, 0.1) is 12.6 Å². The summed E-state index contributed by atoms with van der Waals surface area (Å²) < 4.78 is 31.1. The molecule has 0 spiro atoms. The molecule has 2 amide bonds. The van der Waals surface area contributed by atoms with E-state index in [4.69, 9.17) is 11.6 Å². The highest BCUT2D eigenvalue weighted by atomic mass is 35.5. The summed E-state index contributed by atoms with van der Waals surface area (Å²) in [6.07, 6.45) is 2.97. The third-order valence-electron chi connectivity index (χ3n) is 3.82. The number of halogens is 3. The van der Waals surface area contributed by atoms with Crippen LogP contribution in [0.25, 0.3) is 0 Å². The summed E-state index contributed by atoms with van der Waals surface area (Å²) in [5.74, 6) is 0.871. The predicted octanol–water partition coefficient (Wildman–Crippen LogP) is 2.35. The molecule has 1 aliphatic rings. The molecule has 1 aromatic heterocycles. The van der Waals surface area contributed by atoms with Crippen molar-refractivity contribution in [3.05, 3.63) is 40.9 Å². The van der Waals surface area contributed by atoms with E-state index in [0.29, 0.717) is 17.1 Å². The quantitative estimate of drug-likeness (QED) is 0.845. The molecule has 0 aliphatic carbocycles. The maximum absolute atomic E-state index is 12.4. The summed E-state index contributed by atoms with van der Waals surface area (Å²) in [6.45, 7) is -2.40. The second-order valence-electron chi connectivity index (χ2n) is 5.55. The fourth-order valence-corrected chi connectivity index (χ4v) is 2.86. The van der Waals surface area contributed by atoms with Crippen molar-refractivity contribution in [2.45, 2.75) is 38.6 Å². The van der Waals surface area contributed by atoms with E-state index in [2.05, 4.69) is 25.5 Å². The Balaban J connectivity index is 1.55. The molecule has 2 heterocycles. The molecule has 134 valence electrons. The minimum absolute atomic E-state index is 0.00966. The topological polar surface area (TPSA) is 81.1 Å². The highest BCUT2D eigenvalue weighted by Crippen LogP contribution is 2.24. The molecular formula is C15H16ClF2N5O2. The maximum Gasteiger partial charge on any atom is 0.387 e. The molecule has 0 fully saturated rings. The molecule has 0 radical (unpaired) electrons. The number of nitrogens with one attached hydrogen (secondary N) is 2. The van der Waals surface area contributed by atoms with Gasteiger partial charge in [0.25, 0.3) is 0 Å². The normalized spacial score (nSPS) is 16.4. The summed E-state index contributed by atoms with van der Waals surface area (Å²) in [5.41, 5.74) is 0.366. The highest BCUT2D eigenvalue weighted by molar-refractivity contribution is 6.30. The van der Waals surface area contributed by atoms with Crippen LogP contribution in [0.15, 0.2) is 24.5 Å². The number of aromatic nitrogens is 3. The minimum atomic E-state index is -2.95. The average molecular weight is 372 g/mol.